The van der Waals surface area contributed by atoms with Crippen LogP contribution in [0.15, 0.2) is 88.1 Å². The van der Waals surface area contributed by atoms with Crippen molar-refractivity contribution in [1.29, 1.82) is 0 Å². The molecule has 6 nitrogen and oxygen atoms in total. The summed E-state index contributed by atoms with van der Waals surface area (Å²) in [5.41, 5.74) is 2.18. The van der Waals surface area contributed by atoms with Crippen molar-refractivity contribution in [3.63, 3.8) is 0 Å². The minimum atomic E-state index is -0.332. The highest BCUT2D eigenvalue weighted by Gasteiger charge is 2.16. The summed E-state index contributed by atoms with van der Waals surface area (Å²) in [4.78, 5) is 16.9. The second-order valence-electron chi connectivity index (χ2n) is 6.07. The van der Waals surface area contributed by atoms with Crippen LogP contribution in [0.2, 0.25) is 0 Å². The normalized spacial score (nSPS) is 10.6. The Kier molecular flexibility index (Phi) is 5.20. The van der Waals surface area contributed by atoms with Crippen LogP contribution in [0, 0.1) is 0 Å². The Labute approximate surface area is 161 Å². The molecule has 2 aromatic heterocycles. The van der Waals surface area contributed by atoms with Crippen molar-refractivity contribution in [2.75, 3.05) is 0 Å². The summed E-state index contributed by atoms with van der Waals surface area (Å²) in [7, 11) is 0. The van der Waals surface area contributed by atoms with Gasteiger partial charge in [0.2, 0.25) is 5.89 Å². The van der Waals surface area contributed by atoms with Crippen LogP contribution in [0.4, 0.5) is 0 Å². The molecule has 6 heteroatoms. The number of nitrogens with zero attached hydrogens (tertiary/aromatic N) is 1. The average Bonchev–Trinajstić information content (AvgIpc) is 3.41. The maximum absolute atomic E-state index is 12.5. The number of amides is 1. The molecule has 0 spiro atoms. The van der Waals surface area contributed by atoms with Gasteiger partial charge in [0.15, 0.2) is 5.76 Å². The fraction of sp³-hybridized carbons (Fsp3) is 0.0909. The monoisotopic (exact) mass is 374 g/mol. The van der Waals surface area contributed by atoms with Gasteiger partial charge in [-0.1, -0.05) is 36.4 Å². The van der Waals surface area contributed by atoms with E-state index < -0.39 is 0 Å². The van der Waals surface area contributed by atoms with E-state index in [4.69, 9.17) is 13.6 Å². The Morgan fingerprint density at radius 2 is 1.71 bits per heavy atom. The zero-order chi connectivity index (χ0) is 19.2. The van der Waals surface area contributed by atoms with Gasteiger partial charge in [-0.3, -0.25) is 4.79 Å². The number of carbonyl (C=O) groups excluding carboxylic acids is 1. The number of furan rings is 1. The van der Waals surface area contributed by atoms with Gasteiger partial charge in [-0.05, 0) is 30.3 Å². The van der Waals surface area contributed by atoms with Crippen LogP contribution in [-0.4, -0.2) is 10.9 Å². The molecule has 28 heavy (non-hydrogen) atoms. The lowest BCUT2D eigenvalue weighted by molar-refractivity contribution is 0.0919. The highest BCUT2D eigenvalue weighted by Crippen LogP contribution is 2.18. The summed E-state index contributed by atoms with van der Waals surface area (Å²) < 4.78 is 16.5. The van der Waals surface area contributed by atoms with Crippen LogP contribution in [0.25, 0.3) is 11.5 Å². The number of hydrogen-bond acceptors (Lipinski definition) is 5. The number of rotatable bonds is 7. The van der Waals surface area contributed by atoms with Gasteiger partial charge in [0.25, 0.3) is 5.91 Å². The van der Waals surface area contributed by atoms with Gasteiger partial charge in [-0.25, -0.2) is 4.98 Å². The Morgan fingerprint density at radius 1 is 0.964 bits per heavy atom. The maximum atomic E-state index is 12.5. The topological polar surface area (TPSA) is 77.5 Å². The Balaban J connectivity index is 1.36. The summed E-state index contributed by atoms with van der Waals surface area (Å²) in [6, 6.07) is 20.7. The first kappa shape index (κ1) is 17.6. The molecule has 0 unspecified atom stereocenters. The molecule has 2 aromatic carbocycles. The molecule has 0 saturated carbocycles. The maximum Gasteiger partial charge on any atom is 0.287 e. The average molecular weight is 374 g/mol. The van der Waals surface area contributed by atoms with Crippen LogP contribution in [-0.2, 0) is 13.2 Å². The largest absolute Gasteiger partial charge is 0.489 e. The molecule has 0 saturated heterocycles. The lowest BCUT2D eigenvalue weighted by Crippen LogP contribution is -2.23. The molecule has 0 atom stereocenters. The lowest BCUT2D eigenvalue weighted by Gasteiger charge is -2.06. The molecular formula is C22H18N2O4. The second kappa shape index (κ2) is 8.26. The number of aromatic nitrogens is 1. The van der Waals surface area contributed by atoms with Crippen molar-refractivity contribution in [2.45, 2.75) is 13.2 Å². The first-order chi connectivity index (χ1) is 13.8. The van der Waals surface area contributed by atoms with Gasteiger partial charge in [0.1, 0.15) is 18.6 Å². The molecule has 0 fully saturated rings. The molecular weight excluding hydrogens is 356 g/mol. The van der Waals surface area contributed by atoms with Gasteiger partial charge < -0.3 is 18.9 Å². The third-order valence-corrected chi connectivity index (χ3v) is 4.09. The van der Waals surface area contributed by atoms with E-state index in [1.807, 2.05) is 60.7 Å². The fourth-order valence-corrected chi connectivity index (χ4v) is 2.68. The minimum Gasteiger partial charge on any atom is -0.489 e. The number of nitrogens with one attached hydrogen (secondary N) is 1. The molecule has 0 bridgehead atoms. The zero-order valence-corrected chi connectivity index (χ0v) is 15.0. The van der Waals surface area contributed by atoms with E-state index in [-0.39, 0.29) is 24.8 Å². The summed E-state index contributed by atoms with van der Waals surface area (Å²) in [6.45, 7) is 0.472. The van der Waals surface area contributed by atoms with Gasteiger partial charge in [0.05, 0.1) is 18.5 Å². The predicted molar refractivity (Wildman–Crippen MR) is 103 cm³/mol. The summed E-state index contributed by atoms with van der Waals surface area (Å²) in [6.07, 6.45) is 3.01. The van der Waals surface area contributed by atoms with Crippen molar-refractivity contribution in [3.05, 3.63) is 96.3 Å². The van der Waals surface area contributed by atoms with E-state index in [0.29, 0.717) is 17.1 Å². The van der Waals surface area contributed by atoms with Gasteiger partial charge >= 0.3 is 0 Å². The van der Waals surface area contributed by atoms with Crippen LogP contribution in [0.5, 0.6) is 5.75 Å². The Bertz CT molecular complexity index is 1040. The molecule has 1 amide bonds. The van der Waals surface area contributed by atoms with E-state index in [9.17, 15) is 4.79 Å². The van der Waals surface area contributed by atoms with Crippen molar-refractivity contribution >= 4 is 5.91 Å². The van der Waals surface area contributed by atoms with E-state index in [1.54, 1.807) is 6.07 Å². The summed E-state index contributed by atoms with van der Waals surface area (Å²) >= 11 is 0. The zero-order valence-electron chi connectivity index (χ0n) is 15.0. The standard InChI is InChI=1S/C22H18N2O4/c25-21(20-17(11-12-26-20)14-27-19-9-5-2-6-10-19)23-13-18-15-28-22(24-18)16-7-3-1-4-8-16/h1-12,15H,13-14H2,(H,23,25). The third kappa shape index (κ3) is 4.12. The number of oxazole rings is 1. The van der Waals surface area contributed by atoms with Crippen molar-refractivity contribution in [2.24, 2.45) is 0 Å². The third-order valence-electron chi connectivity index (χ3n) is 4.09. The molecule has 0 radical (unpaired) electrons. The van der Waals surface area contributed by atoms with Gasteiger partial charge in [-0.2, -0.15) is 0 Å². The number of ether oxygens (including phenoxy) is 1. The molecule has 4 aromatic rings. The minimum absolute atomic E-state index is 0.225. The number of carbonyl (C=O) groups is 1. The highest BCUT2D eigenvalue weighted by atomic mass is 16.5. The Hall–Kier alpha value is -3.80. The first-order valence-electron chi connectivity index (χ1n) is 8.82. The lowest BCUT2D eigenvalue weighted by atomic mass is 10.2. The highest BCUT2D eigenvalue weighted by molar-refractivity contribution is 5.92. The van der Waals surface area contributed by atoms with Gasteiger partial charge in [0, 0.05) is 11.1 Å². The Morgan fingerprint density at radius 3 is 2.50 bits per heavy atom. The molecule has 0 aliphatic carbocycles. The smallest absolute Gasteiger partial charge is 0.287 e. The van der Waals surface area contributed by atoms with E-state index in [2.05, 4.69) is 10.3 Å². The number of benzene rings is 2. The van der Waals surface area contributed by atoms with E-state index in [1.165, 1.54) is 12.5 Å². The SMILES string of the molecule is O=C(NCc1coc(-c2ccccc2)n1)c1occc1COc1ccccc1. The molecule has 1 N–H and O–H groups in total. The van der Waals surface area contributed by atoms with Crippen LogP contribution >= 0.6 is 0 Å². The molecule has 4 rings (SSSR count). The molecule has 2 heterocycles. The van der Waals surface area contributed by atoms with Crippen molar-refractivity contribution in [3.8, 4) is 17.2 Å². The predicted octanol–water partition coefficient (Wildman–Crippen LogP) is 4.44. The summed E-state index contributed by atoms with van der Waals surface area (Å²) in [5.74, 6) is 1.13. The quantitative estimate of drug-likeness (QED) is 0.517. The van der Waals surface area contributed by atoms with E-state index >= 15 is 0 Å². The molecule has 140 valence electrons. The molecule has 0 aliphatic heterocycles. The summed E-state index contributed by atoms with van der Waals surface area (Å²) in [5, 5.41) is 2.79. The van der Waals surface area contributed by atoms with Crippen molar-refractivity contribution in [1.82, 2.24) is 10.3 Å². The van der Waals surface area contributed by atoms with Crippen molar-refractivity contribution < 1.29 is 18.4 Å². The first-order valence-corrected chi connectivity index (χ1v) is 8.82. The number of hydrogen-bond donors (Lipinski definition) is 1. The second-order valence-corrected chi connectivity index (χ2v) is 6.07. The van der Waals surface area contributed by atoms with Crippen LogP contribution in [0.3, 0.4) is 0 Å². The van der Waals surface area contributed by atoms with Gasteiger partial charge in [-0.15, -0.1) is 0 Å². The fourth-order valence-electron chi connectivity index (χ4n) is 2.68. The molecule has 0 aliphatic rings. The van der Waals surface area contributed by atoms with E-state index in [0.717, 1.165) is 11.3 Å². The number of para-hydroxylation sites is 1. The van der Waals surface area contributed by atoms with Crippen LogP contribution < -0.4 is 10.1 Å². The van der Waals surface area contributed by atoms with Crippen LogP contribution in [0.1, 0.15) is 21.8 Å².